The van der Waals surface area contributed by atoms with Gasteiger partial charge in [0, 0.05) is 13.3 Å². The summed E-state index contributed by atoms with van der Waals surface area (Å²) < 4.78 is 40.2. The zero-order valence-corrected chi connectivity index (χ0v) is 19.9. The zero-order valence-electron chi connectivity index (χ0n) is 19.9. The van der Waals surface area contributed by atoms with Crippen LogP contribution in [0, 0.1) is 18.6 Å². The number of halogens is 2. The van der Waals surface area contributed by atoms with E-state index >= 15 is 0 Å². The Bertz CT molecular complexity index is 1370. The van der Waals surface area contributed by atoms with Crippen LogP contribution in [0.4, 0.5) is 8.78 Å². The summed E-state index contributed by atoms with van der Waals surface area (Å²) in [6.45, 7) is 3.07. The SMILES string of the molecule is COCCn1nnc(C(C)(CO)NC(=O)c2c(C)nc3c(OCc4c(F)cccc4F)cccn23)n1. The van der Waals surface area contributed by atoms with Gasteiger partial charge in [0.05, 0.1) is 31.0 Å². The van der Waals surface area contributed by atoms with Crippen molar-refractivity contribution < 1.29 is 28.2 Å². The first kappa shape index (κ1) is 25.1. The number of hydrogen-bond donors (Lipinski definition) is 2. The maximum absolute atomic E-state index is 14.0. The summed E-state index contributed by atoms with van der Waals surface area (Å²) in [6, 6.07) is 6.77. The zero-order chi connectivity index (χ0) is 25.9. The van der Waals surface area contributed by atoms with E-state index in [0.717, 1.165) is 12.1 Å². The molecule has 4 rings (SSSR count). The number of aliphatic hydroxyl groups is 1. The number of pyridine rings is 1. The van der Waals surface area contributed by atoms with Crippen LogP contribution in [0.2, 0.25) is 0 Å². The number of imidazole rings is 1. The molecule has 4 aromatic rings. The van der Waals surface area contributed by atoms with E-state index in [1.165, 1.54) is 15.3 Å². The summed E-state index contributed by atoms with van der Waals surface area (Å²) in [5, 5.41) is 24.9. The monoisotopic (exact) mass is 501 g/mol. The summed E-state index contributed by atoms with van der Waals surface area (Å²) in [4.78, 5) is 19.1. The van der Waals surface area contributed by atoms with E-state index in [1.807, 2.05) is 0 Å². The van der Waals surface area contributed by atoms with Crippen molar-refractivity contribution in [3.05, 3.63) is 70.9 Å². The first-order chi connectivity index (χ1) is 17.3. The van der Waals surface area contributed by atoms with Crippen LogP contribution in [-0.2, 0) is 23.4 Å². The first-order valence-electron chi connectivity index (χ1n) is 11.0. The second-order valence-electron chi connectivity index (χ2n) is 8.25. The lowest BCUT2D eigenvalue weighted by atomic mass is 10.0. The van der Waals surface area contributed by atoms with Crippen molar-refractivity contribution in [2.24, 2.45) is 0 Å². The molecule has 2 N–H and O–H groups in total. The molecule has 0 aliphatic rings. The van der Waals surface area contributed by atoms with Crippen molar-refractivity contribution in [1.82, 2.24) is 34.9 Å². The number of carbonyl (C=O) groups excluding carboxylic acids is 1. The van der Waals surface area contributed by atoms with E-state index in [2.05, 4.69) is 25.7 Å². The fourth-order valence-corrected chi connectivity index (χ4v) is 3.57. The summed E-state index contributed by atoms with van der Waals surface area (Å²) >= 11 is 0. The molecule has 3 aromatic heterocycles. The molecule has 1 unspecified atom stereocenters. The molecule has 190 valence electrons. The number of methoxy groups -OCH3 is 1. The Morgan fingerprint density at radius 2 is 1.97 bits per heavy atom. The van der Waals surface area contributed by atoms with Crippen LogP contribution in [0.1, 0.15) is 34.5 Å². The van der Waals surface area contributed by atoms with Crippen LogP contribution in [0.5, 0.6) is 5.75 Å². The van der Waals surface area contributed by atoms with Gasteiger partial charge in [-0.15, -0.1) is 10.2 Å². The lowest BCUT2D eigenvalue weighted by Gasteiger charge is -2.25. The Labute approximate surface area is 204 Å². The minimum absolute atomic E-state index is 0.122. The van der Waals surface area contributed by atoms with Crippen molar-refractivity contribution in [3.8, 4) is 5.75 Å². The Balaban J connectivity index is 1.59. The molecule has 0 bridgehead atoms. The molecule has 0 saturated carbocycles. The van der Waals surface area contributed by atoms with Crippen LogP contribution in [0.15, 0.2) is 36.5 Å². The topological polar surface area (TPSA) is 129 Å². The quantitative estimate of drug-likeness (QED) is 0.337. The highest BCUT2D eigenvalue weighted by atomic mass is 19.1. The molecule has 0 radical (unpaired) electrons. The number of amides is 1. The number of aliphatic hydroxyl groups excluding tert-OH is 1. The first-order valence-corrected chi connectivity index (χ1v) is 11.0. The fourth-order valence-electron chi connectivity index (χ4n) is 3.57. The highest BCUT2D eigenvalue weighted by Gasteiger charge is 2.35. The number of nitrogens with zero attached hydrogens (tertiary/aromatic N) is 6. The van der Waals surface area contributed by atoms with Gasteiger partial charge in [0.2, 0.25) is 5.82 Å². The van der Waals surface area contributed by atoms with Gasteiger partial charge in [-0.25, -0.2) is 13.8 Å². The molecule has 11 nitrogen and oxygen atoms in total. The van der Waals surface area contributed by atoms with E-state index in [9.17, 15) is 18.7 Å². The van der Waals surface area contributed by atoms with Gasteiger partial charge in [0.1, 0.15) is 29.5 Å². The number of rotatable bonds is 10. The van der Waals surface area contributed by atoms with Crippen LogP contribution >= 0.6 is 0 Å². The second kappa shape index (κ2) is 10.3. The summed E-state index contributed by atoms with van der Waals surface area (Å²) in [5.41, 5.74) is -0.719. The average molecular weight is 501 g/mol. The summed E-state index contributed by atoms with van der Waals surface area (Å²) in [5.74, 6) is -1.65. The molecular weight excluding hydrogens is 476 g/mol. The van der Waals surface area contributed by atoms with Gasteiger partial charge in [-0.3, -0.25) is 9.20 Å². The third-order valence-corrected chi connectivity index (χ3v) is 5.58. The molecule has 13 heteroatoms. The Kier molecular flexibility index (Phi) is 7.22. The molecule has 1 amide bonds. The van der Waals surface area contributed by atoms with Gasteiger partial charge < -0.3 is 19.9 Å². The number of aromatic nitrogens is 6. The van der Waals surface area contributed by atoms with E-state index in [1.54, 1.807) is 39.3 Å². The largest absolute Gasteiger partial charge is 0.485 e. The number of ether oxygens (including phenoxy) is 2. The maximum Gasteiger partial charge on any atom is 0.271 e. The average Bonchev–Trinajstić information content (AvgIpc) is 3.47. The van der Waals surface area contributed by atoms with E-state index in [4.69, 9.17) is 9.47 Å². The molecule has 1 aromatic carbocycles. The predicted octanol–water partition coefficient (Wildman–Crippen LogP) is 1.77. The smallest absolute Gasteiger partial charge is 0.271 e. The third-order valence-electron chi connectivity index (χ3n) is 5.58. The predicted molar refractivity (Wildman–Crippen MR) is 122 cm³/mol. The minimum atomic E-state index is -1.34. The Morgan fingerprint density at radius 1 is 1.22 bits per heavy atom. The summed E-state index contributed by atoms with van der Waals surface area (Å²) in [6.07, 6.45) is 1.61. The van der Waals surface area contributed by atoms with Crippen molar-refractivity contribution >= 4 is 11.6 Å². The second-order valence-corrected chi connectivity index (χ2v) is 8.25. The standard InChI is InChI=1S/C23H25F2N7O4/c1-14-19(21(34)27-23(2,13-33)22-28-30-32(29-22)10-11-35-3)31-9-5-8-18(20(31)26-14)36-12-15-16(24)6-4-7-17(15)25/h4-9,33H,10-13H2,1-3H3,(H,27,34). The summed E-state index contributed by atoms with van der Waals surface area (Å²) in [7, 11) is 1.54. The fraction of sp³-hybridized carbons (Fsp3) is 0.348. The van der Waals surface area contributed by atoms with Crippen molar-refractivity contribution in [2.75, 3.05) is 20.3 Å². The van der Waals surface area contributed by atoms with Crippen LogP contribution in [0.25, 0.3) is 5.65 Å². The molecule has 0 aliphatic heterocycles. The van der Waals surface area contributed by atoms with Crippen molar-refractivity contribution in [3.63, 3.8) is 0 Å². The number of hydrogen-bond acceptors (Lipinski definition) is 8. The van der Waals surface area contributed by atoms with E-state index < -0.39 is 29.7 Å². The number of tetrazole rings is 1. The molecule has 1 atom stereocenters. The number of aryl methyl sites for hydroxylation is 1. The van der Waals surface area contributed by atoms with Crippen LogP contribution < -0.4 is 10.1 Å². The lowest BCUT2D eigenvalue weighted by molar-refractivity contribution is 0.0832. The molecule has 36 heavy (non-hydrogen) atoms. The van der Waals surface area contributed by atoms with Crippen LogP contribution in [0.3, 0.4) is 0 Å². The van der Waals surface area contributed by atoms with E-state index in [0.29, 0.717) is 18.8 Å². The lowest BCUT2D eigenvalue weighted by Crippen LogP contribution is -2.47. The van der Waals surface area contributed by atoms with Gasteiger partial charge in [0.25, 0.3) is 5.91 Å². The highest BCUT2D eigenvalue weighted by Crippen LogP contribution is 2.25. The molecule has 0 aliphatic carbocycles. The van der Waals surface area contributed by atoms with Gasteiger partial charge in [-0.2, -0.15) is 4.80 Å². The highest BCUT2D eigenvalue weighted by molar-refractivity contribution is 5.95. The molecule has 0 spiro atoms. The number of benzene rings is 1. The van der Waals surface area contributed by atoms with Gasteiger partial charge in [-0.1, -0.05) is 6.07 Å². The molecule has 0 fully saturated rings. The number of fused-ring (bicyclic) bond motifs is 1. The Morgan fingerprint density at radius 3 is 2.67 bits per heavy atom. The van der Waals surface area contributed by atoms with Gasteiger partial charge >= 0.3 is 0 Å². The molecule has 0 saturated heterocycles. The Hall–Kier alpha value is -3.97. The van der Waals surface area contributed by atoms with Crippen molar-refractivity contribution in [1.29, 1.82) is 0 Å². The molecule has 3 heterocycles. The maximum atomic E-state index is 14.0. The third kappa shape index (κ3) is 4.88. The molecular formula is C23H25F2N7O4. The van der Waals surface area contributed by atoms with Crippen LogP contribution in [-0.4, -0.2) is 60.9 Å². The minimum Gasteiger partial charge on any atom is -0.485 e. The van der Waals surface area contributed by atoms with Gasteiger partial charge in [0.15, 0.2) is 11.4 Å². The van der Waals surface area contributed by atoms with E-state index in [-0.39, 0.29) is 35.1 Å². The van der Waals surface area contributed by atoms with Gasteiger partial charge in [-0.05, 0) is 43.3 Å². The number of carbonyl (C=O) groups is 1. The number of nitrogens with one attached hydrogen (secondary N) is 1. The van der Waals surface area contributed by atoms with Crippen molar-refractivity contribution in [2.45, 2.75) is 32.5 Å². The normalized spacial score (nSPS) is 13.1.